The molecule has 1 aromatic carbocycles. The number of benzene rings is 1. The van der Waals surface area contributed by atoms with E-state index in [1.807, 2.05) is 0 Å². The van der Waals surface area contributed by atoms with Crippen molar-refractivity contribution in [3.63, 3.8) is 0 Å². The monoisotopic (exact) mass is 186 g/mol. The number of hydrogen-bond donors (Lipinski definition) is 0. The van der Waals surface area contributed by atoms with Gasteiger partial charge in [0, 0.05) is 12.0 Å². The van der Waals surface area contributed by atoms with Crippen LogP contribution in [0.1, 0.15) is 18.4 Å². The van der Waals surface area contributed by atoms with Crippen LogP contribution in [0, 0.1) is 17.5 Å². The average molecular weight is 186 g/mol. The highest BCUT2D eigenvalue weighted by Crippen LogP contribution is 2.22. The highest BCUT2D eigenvalue weighted by atomic mass is 19.2. The molecule has 13 heavy (non-hydrogen) atoms. The topological polar surface area (TPSA) is 0 Å². The summed E-state index contributed by atoms with van der Waals surface area (Å²) in [7, 11) is 0. The minimum absolute atomic E-state index is 0.119. The fourth-order valence-corrected chi connectivity index (χ4v) is 1.01. The van der Waals surface area contributed by atoms with Crippen LogP contribution < -0.4 is 0 Å². The summed E-state index contributed by atoms with van der Waals surface area (Å²) >= 11 is 0. The SMILES string of the molecule is C=CC(C)c1cc(F)c(F)cc1F. The minimum Gasteiger partial charge on any atom is -0.207 e. The number of hydrogen-bond acceptors (Lipinski definition) is 0. The van der Waals surface area contributed by atoms with Crippen molar-refractivity contribution in [2.24, 2.45) is 0 Å². The first-order chi connectivity index (χ1) is 6.06. The van der Waals surface area contributed by atoms with Crippen LogP contribution >= 0.6 is 0 Å². The van der Waals surface area contributed by atoms with Gasteiger partial charge in [-0.2, -0.15) is 0 Å². The van der Waals surface area contributed by atoms with Gasteiger partial charge in [-0.25, -0.2) is 13.2 Å². The van der Waals surface area contributed by atoms with Crippen LogP contribution in [0.25, 0.3) is 0 Å². The zero-order valence-electron chi connectivity index (χ0n) is 7.15. The summed E-state index contributed by atoms with van der Waals surface area (Å²) in [6, 6.07) is 1.40. The summed E-state index contributed by atoms with van der Waals surface area (Å²) in [4.78, 5) is 0. The molecule has 0 N–H and O–H groups in total. The minimum atomic E-state index is -1.17. The highest BCUT2D eigenvalue weighted by molar-refractivity contribution is 5.25. The van der Waals surface area contributed by atoms with Gasteiger partial charge in [0.2, 0.25) is 0 Å². The smallest absolute Gasteiger partial charge is 0.161 e. The summed E-state index contributed by atoms with van der Waals surface area (Å²) in [6.07, 6.45) is 1.47. The lowest BCUT2D eigenvalue weighted by atomic mass is 10.0. The Morgan fingerprint density at radius 2 is 1.69 bits per heavy atom. The molecule has 70 valence electrons. The molecule has 0 aliphatic heterocycles. The zero-order valence-corrected chi connectivity index (χ0v) is 7.15. The Balaban J connectivity index is 3.22. The Morgan fingerprint density at radius 1 is 1.15 bits per heavy atom. The fraction of sp³-hybridized carbons (Fsp3) is 0.200. The fourth-order valence-electron chi connectivity index (χ4n) is 1.01. The predicted octanol–water partition coefficient (Wildman–Crippen LogP) is 3.39. The van der Waals surface area contributed by atoms with Crippen molar-refractivity contribution in [1.82, 2.24) is 0 Å². The van der Waals surface area contributed by atoms with E-state index in [2.05, 4.69) is 6.58 Å². The molecule has 0 radical (unpaired) electrons. The van der Waals surface area contributed by atoms with Gasteiger partial charge >= 0.3 is 0 Å². The second kappa shape index (κ2) is 3.64. The lowest BCUT2D eigenvalue weighted by Crippen LogP contribution is -1.97. The van der Waals surface area contributed by atoms with Gasteiger partial charge in [0.1, 0.15) is 5.82 Å². The lowest BCUT2D eigenvalue weighted by Gasteiger charge is -2.07. The summed E-state index contributed by atoms with van der Waals surface area (Å²) in [5.74, 6) is -3.27. The molecule has 1 atom stereocenters. The van der Waals surface area contributed by atoms with Crippen LogP contribution in [-0.2, 0) is 0 Å². The van der Waals surface area contributed by atoms with Crippen LogP contribution in [0.4, 0.5) is 13.2 Å². The van der Waals surface area contributed by atoms with Crippen LogP contribution in [-0.4, -0.2) is 0 Å². The Morgan fingerprint density at radius 3 is 2.23 bits per heavy atom. The van der Waals surface area contributed by atoms with Crippen molar-refractivity contribution in [3.05, 3.63) is 47.8 Å². The molecule has 0 aliphatic carbocycles. The number of allylic oxidation sites excluding steroid dienone is 1. The standard InChI is InChI=1S/C10H9F3/c1-3-6(2)7-4-9(12)10(13)5-8(7)11/h3-6H,1H2,2H3. The van der Waals surface area contributed by atoms with Crippen molar-refractivity contribution < 1.29 is 13.2 Å². The van der Waals surface area contributed by atoms with Gasteiger partial charge < -0.3 is 0 Å². The second-order valence-electron chi connectivity index (χ2n) is 2.81. The third kappa shape index (κ3) is 1.91. The Kier molecular flexibility index (Phi) is 2.76. The van der Waals surface area contributed by atoms with Crippen LogP contribution in [0.15, 0.2) is 24.8 Å². The Hall–Kier alpha value is -1.25. The molecule has 1 aromatic rings. The molecule has 0 saturated heterocycles. The molecule has 0 saturated carbocycles. The number of halogens is 3. The van der Waals surface area contributed by atoms with Gasteiger partial charge in [-0.15, -0.1) is 6.58 Å². The normalized spacial score (nSPS) is 12.6. The molecule has 0 bridgehead atoms. The van der Waals surface area contributed by atoms with Crippen molar-refractivity contribution >= 4 is 0 Å². The summed E-state index contributed by atoms with van der Waals surface area (Å²) in [5.41, 5.74) is 0.119. The van der Waals surface area contributed by atoms with Gasteiger partial charge in [0.05, 0.1) is 0 Å². The van der Waals surface area contributed by atoms with Gasteiger partial charge in [-0.3, -0.25) is 0 Å². The summed E-state index contributed by atoms with van der Waals surface area (Å²) in [6.45, 7) is 5.10. The van der Waals surface area contributed by atoms with Crippen molar-refractivity contribution in [2.45, 2.75) is 12.8 Å². The second-order valence-corrected chi connectivity index (χ2v) is 2.81. The van der Waals surface area contributed by atoms with E-state index in [4.69, 9.17) is 0 Å². The molecule has 0 nitrogen and oxygen atoms in total. The van der Waals surface area contributed by atoms with Gasteiger partial charge in [-0.1, -0.05) is 13.0 Å². The Bertz CT molecular complexity index is 331. The van der Waals surface area contributed by atoms with E-state index in [0.29, 0.717) is 6.07 Å². The maximum atomic E-state index is 13.0. The molecule has 0 aromatic heterocycles. The maximum Gasteiger partial charge on any atom is 0.161 e. The largest absolute Gasteiger partial charge is 0.207 e. The first-order valence-corrected chi connectivity index (χ1v) is 3.83. The van der Waals surface area contributed by atoms with Gasteiger partial charge in [0.25, 0.3) is 0 Å². The molecular weight excluding hydrogens is 177 g/mol. The van der Waals surface area contributed by atoms with E-state index >= 15 is 0 Å². The van der Waals surface area contributed by atoms with E-state index in [-0.39, 0.29) is 11.5 Å². The van der Waals surface area contributed by atoms with Gasteiger partial charge in [-0.05, 0) is 11.6 Å². The molecule has 0 fully saturated rings. The lowest BCUT2D eigenvalue weighted by molar-refractivity contribution is 0.489. The molecule has 0 heterocycles. The quantitative estimate of drug-likeness (QED) is 0.490. The Labute approximate surface area is 74.7 Å². The highest BCUT2D eigenvalue weighted by Gasteiger charge is 2.12. The average Bonchev–Trinajstić information content (AvgIpc) is 2.10. The van der Waals surface area contributed by atoms with E-state index in [1.165, 1.54) is 6.08 Å². The molecule has 3 heteroatoms. The van der Waals surface area contributed by atoms with E-state index in [0.717, 1.165) is 6.07 Å². The third-order valence-corrected chi connectivity index (χ3v) is 1.88. The summed E-state index contributed by atoms with van der Waals surface area (Å²) in [5, 5.41) is 0. The molecular formula is C10H9F3. The summed E-state index contributed by atoms with van der Waals surface area (Å²) < 4.78 is 38.2. The molecule has 0 amide bonds. The van der Waals surface area contributed by atoms with E-state index in [9.17, 15) is 13.2 Å². The molecule has 1 rings (SSSR count). The molecule has 0 aliphatic rings. The van der Waals surface area contributed by atoms with E-state index in [1.54, 1.807) is 6.92 Å². The van der Waals surface area contributed by atoms with Crippen LogP contribution in [0.5, 0.6) is 0 Å². The third-order valence-electron chi connectivity index (χ3n) is 1.88. The number of rotatable bonds is 2. The van der Waals surface area contributed by atoms with Gasteiger partial charge in [0.15, 0.2) is 11.6 Å². The van der Waals surface area contributed by atoms with Crippen molar-refractivity contribution in [2.75, 3.05) is 0 Å². The maximum absolute atomic E-state index is 13.0. The van der Waals surface area contributed by atoms with E-state index < -0.39 is 17.5 Å². The molecule has 0 spiro atoms. The molecule has 1 unspecified atom stereocenters. The van der Waals surface area contributed by atoms with Crippen LogP contribution in [0.2, 0.25) is 0 Å². The van der Waals surface area contributed by atoms with Crippen molar-refractivity contribution in [1.29, 1.82) is 0 Å². The predicted molar refractivity (Wildman–Crippen MR) is 44.9 cm³/mol. The first kappa shape index (κ1) is 9.84. The van der Waals surface area contributed by atoms with Crippen molar-refractivity contribution in [3.8, 4) is 0 Å². The first-order valence-electron chi connectivity index (χ1n) is 3.83. The zero-order chi connectivity index (χ0) is 10.0. The van der Waals surface area contributed by atoms with Crippen LogP contribution in [0.3, 0.4) is 0 Å².